The van der Waals surface area contributed by atoms with Gasteiger partial charge in [-0.1, -0.05) is 13.0 Å². The number of fused-ring (bicyclic) bond motifs is 5. The third-order valence-corrected chi connectivity index (χ3v) is 6.63. The van der Waals surface area contributed by atoms with Crippen molar-refractivity contribution in [2.45, 2.75) is 44.6 Å². The highest BCUT2D eigenvalue weighted by molar-refractivity contribution is 5.96. The molecule has 0 fully saturated rings. The number of benzene rings is 1. The lowest BCUT2D eigenvalue weighted by molar-refractivity contribution is -0.179. The van der Waals surface area contributed by atoms with Crippen molar-refractivity contribution >= 4 is 16.9 Å². The molecule has 5 heterocycles. The number of nitrogens with zero attached hydrogens (tertiary/aromatic N) is 2. The summed E-state index contributed by atoms with van der Waals surface area (Å²) in [5, 5.41) is 12.0. The predicted octanol–water partition coefficient (Wildman–Crippen LogP) is 1.70. The number of hydrogen-bond donors (Lipinski definition) is 2. The predicted molar refractivity (Wildman–Crippen MR) is 113 cm³/mol. The molecule has 0 radical (unpaired) electrons. The Morgan fingerprint density at radius 2 is 2.16 bits per heavy atom. The van der Waals surface area contributed by atoms with Gasteiger partial charge in [-0.3, -0.25) is 4.79 Å². The molecule has 32 heavy (non-hydrogen) atoms. The van der Waals surface area contributed by atoms with Gasteiger partial charge >= 0.3 is 5.97 Å². The van der Waals surface area contributed by atoms with E-state index in [4.69, 9.17) is 24.9 Å². The number of pyridine rings is 2. The summed E-state index contributed by atoms with van der Waals surface area (Å²) in [5.74, 6) is 0.511. The van der Waals surface area contributed by atoms with Gasteiger partial charge in [-0.05, 0) is 31.5 Å². The van der Waals surface area contributed by atoms with Crippen molar-refractivity contribution in [3.63, 3.8) is 0 Å². The Balaban J connectivity index is 1.68. The Hall–Kier alpha value is -3.43. The van der Waals surface area contributed by atoms with Crippen LogP contribution >= 0.6 is 0 Å². The van der Waals surface area contributed by atoms with E-state index < -0.39 is 23.7 Å². The van der Waals surface area contributed by atoms with Crippen molar-refractivity contribution in [1.82, 2.24) is 9.55 Å². The Labute approximate surface area is 182 Å². The number of hydrogen-bond acceptors (Lipinski definition) is 8. The maximum Gasteiger partial charge on any atom is 0.343 e. The van der Waals surface area contributed by atoms with Gasteiger partial charge in [0.25, 0.3) is 5.56 Å². The van der Waals surface area contributed by atoms with Crippen LogP contribution in [0.3, 0.4) is 0 Å². The van der Waals surface area contributed by atoms with Crippen LogP contribution in [0.25, 0.3) is 22.3 Å². The topological polar surface area (TPSA) is 126 Å². The fourth-order valence-corrected chi connectivity index (χ4v) is 4.95. The largest absolute Gasteiger partial charge is 0.457 e. The lowest BCUT2D eigenvalue weighted by atomic mass is 9.82. The molecule has 0 amide bonds. The van der Waals surface area contributed by atoms with E-state index in [9.17, 15) is 14.7 Å². The average Bonchev–Trinajstić information content (AvgIpc) is 3.16. The second-order valence-corrected chi connectivity index (χ2v) is 8.47. The highest BCUT2D eigenvalue weighted by atomic mass is 16.7. The molecule has 6 rings (SSSR count). The summed E-state index contributed by atoms with van der Waals surface area (Å²) < 4.78 is 18.5. The molecule has 164 valence electrons. The van der Waals surface area contributed by atoms with Gasteiger partial charge in [-0.2, -0.15) is 0 Å². The van der Waals surface area contributed by atoms with E-state index >= 15 is 0 Å². The maximum absolute atomic E-state index is 13.7. The molecule has 9 nitrogen and oxygen atoms in total. The van der Waals surface area contributed by atoms with Gasteiger partial charge in [0, 0.05) is 17.2 Å². The van der Waals surface area contributed by atoms with Crippen LogP contribution in [0.1, 0.15) is 43.1 Å². The number of aliphatic hydroxyl groups is 1. The minimum Gasteiger partial charge on any atom is -0.457 e. The van der Waals surface area contributed by atoms with Crippen molar-refractivity contribution in [2.75, 3.05) is 6.79 Å². The third kappa shape index (κ3) is 2.27. The summed E-state index contributed by atoms with van der Waals surface area (Å²) in [6, 6.07) is 6.61. The third-order valence-electron chi connectivity index (χ3n) is 6.63. The Bertz CT molecular complexity index is 1390. The second-order valence-electron chi connectivity index (χ2n) is 8.47. The van der Waals surface area contributed by atoms with Gasteiger partial charge < -0.3 is 29.6 Å². The normalized spacial score (nSPS) is 23.5. The van der Waals surface area contributed by atoms with Crippen LogP contribution in [-0.4, -0.2) is 33.5 Å². The van der Waals surface area contributed by atoms with Crippen molar-refractivity contribution < 1.29 is 24.1 Å². The summed E-state index contributed by atoms with van der Waals surface area (Å²) in [5.41, 5.74) is 6.75. The first-order chi connectivity index (χ1) is 15.3. The molecule has 3 aliphatic heterocycles. The first-order valence-corrected chi connectivity index (χ1v) is 10.5. The standard InChI is InChI=1S/C23H21N3O6/c1-3-23(29)12-7-14-18-11(20-17-13(25-18)5-4-6-15(17)30-9-31-20)8-26(14)21(27)16(12)19(10(2)24)32-22(23)28/h4-7,10,19,29H,3,8-9,24H2,1-2H3/t10?,19?,23-/m0/s1. The minimum atomic E-state index is -1.93. The highest BCUT2D eigenvalue weighted by Crippen LogP contribution is 2.47. The molecule has 3 atom stereocenters. The summed E-state index contributed by atoms with van der Waals surface area (Å²) in [6.07, 6.45) is -0.888. The molecule has 2 aromatic heterocycles. The minimum absolute atomic E-state index is 0.0560. The molecular formula is C23H21N3O6. The maximum atomic E-state index is 13.7. The van der Waals surface area contributed by atoms with Gasteiger partial charge in [0.2, 0.25) is 6.79 Å². The van der Waals surface area contributed by atoms with Gasteiger partial charge in [0.15, 0.2) is 5.60 Å². The quantitative estimate of drug-likeness (QED) is 0.456. The first kappa shape index (κ1) is 19.3. The van der Waals surface area contributed by atoms with Crippen LogP contribution < -0.4 is 20.8 Å². The van der Waals surface area contributed by atoms with E-state index in [0.29, 0.717) is 28.4 Å². The van der Waals surface area contributed by atoms with Crippen LogP contribution in [0.2, 0.25) is 0 Å². The fraction of sp³-hybridized carbons (Fsp3) is 0.348. The van der Waals surface area contributed by atoms with Gasteiger partial charge in [0.05, 0.1) is 34.4 Å². The molecular weight excluding hydrogens is 414 g/mol. The van der Waals surface area contributed by atoms with Crippen LogP contribution in [-0.2, 0) is 21.7 Å². The number of aromatic nitrogens is 2. The van der Waals surface area contributed by atoms with E-state index in [2.05, 4.69) is 0 Å². The smallest absolute Gasteiger partial charge is 0.343 e. The van der Waals surface area contributed by atoms with Crippen LogP contribution in [0.5, 0.6) is 11.5 Å². The zero-order chi connectivity index (χ0) is 22.4. The van der Waals surface area contributed by atoms with E-state index in [1.165, 1.54) is 0 Å². The number of nitrogens with two attached hydrogens (primary N) is 1. The molecule has 0 bridgehead atoms. The van der Waals surface area contributed by atoms with Crippen LogP contribution in [0, 0.1) is 0 Å². The number of carbonyl (C=O) groups is 1. The molecule has 1 aromatic carbocycles. The molecule has 0 spiro atoms. The van der Waals surface area contributed by atoms with Gasteiger partial charge in [-0.25, -0.2) is 9.78 Å². The monoisotopic (exact) mass is 435 g/mol. The molecule has 2 unspecified atom stereocenters. The lowest BCUT2D eigenvalue weighted by Gasteiger charge is -2.37. The van der Waals surface area contributed by atoms with Crippen molar-refractivity contribution in [1.29, 1.82) is 0 Å². The highest BCUT2D eigenvalue weighted by Gasteiger charge is 2.49. The summed E-state index contributed by atoms with van der Waals surface area (Å²) in [7, 11) is 0. The SMILES string of the molecule is CC[C@@]1(O)C(=O)OC(C(C)N)c2c1cc1n(c2=O)Cc2c-1nc1cccc3c1c2OCO3. The van der Waals surface area contributed by atoms with Gasteiger partial charge in [-0.15, -0.1) is 0 Å². The molecule has 3 aromatic rings. The van der Waals surface area contributed by atoms with E-state index in [1.54, 1.807) is 24.5 Å². The number of carbonyl (C=O) groups excluding carboxylic acids is 1. The van der Waals surface area contributed by atoms with E-state index in [-0.39, 0.29) is 36.4 Å². The number of esters is 1. The average molecular weight is 435 g/mol. The van der Waals surface area contributed by atoms with Gasteiger partial charge in [0.1, 0.15) is 17.6 Å². The number of cyclic esters (lactones) is 1. The first-order valence-electron chi connectivity index (χ1n) is 10.5. The van der Waals surface area contributed by atoms with Crippen molar-refractivity contribution in [3.05, 3.63) is 51.3 Å². The zero-order valence-electron chi connectivity index (χ0n) is 17.5. The van der Waals surface area contributed by atoms with E-state index in [0.717, 1.165) is 10.9 Å². The fourth-order valence-electron chi connectivity index (χ4n) is 4.95. The molecule has 3 N–H and O–H groups in total. The van der Waals surface area contributed by atoms with E-state index in [1.807, 2.05) is 18.2 Å². The molecule has 0 aliphatic carbocycles. The summed E-state index contributed by atoms with van der Waals surface area (Å²) >= 11 is 0. The molecule has 9 heteroatoms. The molecule has 0 saturated carbocycles. The molecule has 0 saturated heterocycles. The van der Waals surface area contributed by atoms with Crippen LogP contribution in [0.15, 0.2) is 29.1 Å². The Morgan fingerprint density at radius 1 is 1.34 bits per heavy atom. The summed E-state index contributed by atoms with van der Waals surface area (Å²) in [6.45, 7) is 3.64. The lowest BCUT2D eigenvalue weighted by Crippen LogP contribution is -2.49. The second kappa shape index (κ2) is 6.30. The Kier molecular flexibility index (Phi) is 3.80. The number of rotatable bonds is 2. The molecule has 3 aliphatic rings. The van der Waals surface area contributed by atoms with Crippen molar-refractivity contribution in [2.24, 2.45) is 5.73 Å². The Morgan fingerprint density at radius 3 is 2.91 bits per heavy atom. The zero-order valence-corrected chi connectivity index (χ0v) is 17.5. The van der Waals surface area contributed by atoms with Crippen LogP contribution in [0.4, 0.5) is 0 Å². The number of ether oxygens (including phenoxy) is 3. The summed E-state index contributed by atoms with van der Waals surface area (Å²) in [4.78, 5) is 31.2. The van der Waals surface area contributed by atoms with Crippen molar-refractivity contribution in [3.8, 4) is 22.9 Å².